The molecule has 1 aromatic rings. The topological polar surface area (TPSA) is 23.5 Å². The van der Waals surface area contributed by atoms with Gasteiger partial charge in [-0.2, -0.15) is 0 Å². The van der Waals surface area contributed by atoms with Gasteiger partial charge in [0, 0.05) is 13.1 Å². The van der Waals surface area contributed by atoms with E-state index in [1.165, 1.54) is 0 Å². The van der Waals surface area contributed by atoms with Crippen molar-refractivity contribution in [2.75, 3.05) is 13.1 Å². The fraction of sp³-hybridized carbons (Fsp3) is 0.500. The summed E-state index contributed by atoms with van der Waals surface area (Å²) in [6.45, 7) is 2.50. The Morgan fingerprint density at radius 2 is 2.19 bits per heavy atom. The van der Waals surface area contributed by atoms with Crippen LogP contribution in [0, 0.1) is 0 Å². The van der Waals surface area contributed by atoms with E-state index in [4.69, 9.17) is 23.2 Å². The molecular weight excluding hydrogens is 245 g/mol. The highest BCUT2D eigenvalue weighted by Crippen LogP contribution is 2.27. The Balaban J connectivity index is 2.05. The molecule has 0 unspecified atom stereocenters. The van der Waals surface area contributed by atoms with Crippen molar-refractivity contribution in [3.63, 3.8) is 0 Å². The SMILES string of the molecule is O[C@@H]1CCCN(Cc2cccc(Cl)c2Cl)C1. The highest BCUT2D eigenvalue weighted by atomic mass is 35.5. The van der Waals surface area contributed by atoms with E-state index in [2.05, 4.69) is 4.90 Å². The van der Waals surface area contributed by atoms with E-state index in [9.17, 15) is 5.11 Å². The summed E-state index contributed by atoms with van der Waals surface area (Å²) in [7, 11) is 0. The highest BCUT2D eigenvalue weighted by Gasteiger charge is 2.18. The van der Waals surface area contributed by atoms with Crippen molar-refractivity contribution in [3.8, 4) is 0 Å². The summed E-state index contributed by atoms with van der Waals surface area (Å²) in [6, 6.07) is 5.68. The zero-order valence-corrected chi connectivity index (χ0v) is 10.5. The van der Waals surface area contributed by atoms with E-state index >= 15 is 0 Å². The van der Waals surface area contributed by atoms with Gasteiger partial charge < -0.3 is 5.11 Å². The third kappa shape index (κ3) is 2.89. The molecule has 1 aliphatic rings. The lowest BCUT2D eigenvalue weighted by molar-refractivity contribution is 0.0668. The Morgan fingerprint density at radius 3 is 2.94 bits per heavy atom. The summed E-state index contributed by atoms with van der Waals surface area (Å²) in [6.07, 6.45) is 1.74. The van der Waals surface area contributed by atoms with Crippen LogP contribution in [0.25, 0.3) is 0 Å². The van der Waals surface area contributed by atoms with Gasteiger partial charge in [-0.1, -0.05) is 35.3 Å². The number of likely N-dealkylation sites (tertiary alicyclic amines) is 1. The molecule has 1 fully saturated rings. The monoisotopic (exact) mass is 259 g/mol. The highest BCUT2D eigenvalue weighted by molar-refractivity contribution is 6.42. The molecule has 0 aliphatic carbocycles. The molecule has 0 saturated carbocycles. The Labute approximate surface area is 106 Å². The summed E-state index contributed by atoms with van der Waals surface area (Å²) in [5.74, 6) is 0. The number of aliphatic hydroxyl groups excluding tert-OH is 1. The van der Waals surface area contributed by atoms with Gasteiger partial charge in [0.05, 0.1) is 16.1 Å². The van der Waals surface area contributed by atoms with Crippen molar-refractivity contribution in [3.05, 3.63) is 33.8 Å². The number of hydrogen-bond donors (Lipinski definition) is 1. The van der Waals surface area contributed by atoms with Gasteiger partial charge >= 0.3 is 0 Å². The Morgan fingerprint density at radius 1 is 1.38 bits per heavy atom. The van der Waals surface area contributed by atoms with Crippen LogP contribution in [0.5, 0.6) is 0 Å². The van der Waals surface area contributed by atoms with Gasteiger partial charge in [-0.05, 0) is 31.0 Å². The van der Waals surface area contributed by atoms with Crippen molar-refractivity contribution >= 4 is 23.2 Å². The fourth-order valence-electron chi connectivity index (χ4n) is 2.09. The number of hydrogen-bond acceptors (Lipinski definition) is 2. The summed E-state index contributed by atoms with van der Waals surface area (Å²) in [5, 5.41) is 10.8. The third-order valence-electron chi connectivity index (χ3n) is 2.91. The molecule has 1 heterocycles. The van der Waals surface area contributed by atoms with Crippen LogP contribution in [0.3, 0.4) is 0 Å². The van der Waals surface area contributed by atoms with Gasteiger partial charge in [-0.3, -0.25) is 4.90 Å². The first-order chi connectivity index (χ1) is 7.66. The molecule has 0 bridgehead atoms. The van der Waals surface area contributed by atoms with E-state index in [0.717, 1.165) is 38.0 Å². The Kier molecular flexibility index (Phi) is 4.09. The first kappa shape index (κ1) is 12.2. The Bertz CT molecular complexity index is 370. The normalized spacial score (nSPS) is 22.3. The molecule has 88 valence electrons. The molecule has 1 N–H and O–H groups in total. The predicted octanol–water partition coefficient (Wildman–Crippen LogP) is 2.95. The molecule has 1 atom stereocenters. The summed E-state index contributed by atoms with van der Waals surface area (Å²) in [5.41, 5.74) is 1.03. The molecule has 1 aromatic carbocycles. The second-order valence-corrected chi connectivity index (χ2v) is 5.03. The number of halogens is 2. The predicted molar refractivity (Wildman–Crippen MR) is 67.0 cm³/mol. The van der Waals surface area contributed by atoms with Gasteiger partial charge in [0.25, 0.3) is 0 Å². The second-order valence-electron chi connectivity index (χ2n) is 4.24. The number of β-amino-alcohol motifs (C(OH)–C–C–N with tert-alkyl or cyclic N) is 1. The van der Waals surface area contributed by atoms with Crippen LogP contribution in [-0.2, 0) is 6.54 Å². The van der Waals surface area contributed by atoms with E-state index in [0.29, 0.717) is 10.0 Å². The third-order valence-corrected chi connectivity index (χ3v) is 3.76. The van der Waals surface area contributed by atoms with Crippen LogP contribution in [0.15, 0.2) is 18.2 Å². The number of rotatable bonds is 2. The van der Waals surface area contributed by atoms with Crippen LogP contribution in [0.4, 0.5) is 0 Å². The molecule has 2 rings (SSSR count). The van der Waals surface area contributed by atoms with E-state index < -0.39 is 0 Å². The van der Waals surface area contributed by atoms with Crippen LogP contribution in [0.1, 0.15) is 18.4 Å². The second kappa shape index (κ2) is 5.37. The molecule has 2 nitrogen and oxygen atoms in total. The average molecular weight is 260 g/mol. The lowest BCUT2D eigenvalue weighted by atomic mass is 10.1. The van der Waals surface area contributed by atoms with Crippen LogP contribution in [-0.4, -0.2) is 29.2 Å². The molecule has 0 spiro atoms. The number of aliphatic hydroxyl groups is 1. The maximum atomic E-state index is 9.58. The molecule has 0 aromatic heterocycles. The Hall–Kier alpha value is -0.280. The van der Waals surface area contributed by atoms with Crippen molar-refractivity contribution in [1.29, 1.82) is 0 Å². The molecule has 0 amide bonds. The molecule has 1 saturated heterocycles. The molecule has 1 aliphatic heterocycles. The summed E-state index contributed by atoms with van der Waals surface area (Å²) >= 11 is 12.1. The maximum absolute atomic E-state index is 9.58. The molecule has 4 heteroatoms. The minimum absolute atomic E-state index is 0.202. The lowest BCUT2D eigenvalue weighted by Gasteiger charge is -2.30. The minimum Gasteiger partial charge on any atom is -0.392 e. The number of nitrogens with zero attached hydrogens (tertiary/aromatic N) is 1. The van der Waals surface area contributed by atoms with Gasteiger partial charge in [-0.15, -0.1) is 0 Å². The van der Waals surface area contributed by atoms with Crippen LogP contribution >= 0.6 is 23.2 Å². The molecule has 16 heavy (non-hydrogen) atoms. The van der Waals surface area contributed by atoms with Crippen molar-refractivity contribution in [1.82, 2.24) is 4.90 Å². The lowest BCUT2D eigenvalue weighted by Crippen LogP contribution is -2.37. The standard InChI is InChI=1S/C12H15Cl2NO/c13-11-5-1-3-9(12(11)14)7-15-6-2-4-10(16)8-15/h1,3,5,10,16H,2,4,6-8H2/t10-/m1/s1. The molecular formula is C12H15Cl2NO. The van der Waals surface area contributed by atoms with Gasteiger partial charge in [0.2, 0.25) is 0 Å². The zero-order valence-electron chi connectivity index (χ0n) is 9.00. The van der Waals surface area contributed by atoms with Crippen LogP contribution < -0.4 is 0 Å². The smallest absolute Gasteiger partial charge is 0.0667 e. The van der Waals surface area contributed by atoms with Gasteiger partial charge in [0.1, 0.15) is 0 Å². The van der Waals surface area contributed by atoms with Gasteiger partial charge in [-0.25, -0.2) is 0 Å². The maximum Gasteiger partial charge on any atom is 0.0667 e. The van der Waals surface area contributed by atoms with Crippen molar-refractivity contribution in [2.24, 2.45) is 0 Å². The largest absolute Gasteiger partial charge is 0.392 e. The van der Waals surface area contributed by atoms with E-state index in [1.807, 2.05) is 12.1 Å². The fourth-order valence-corrected chi connectivity index (χ4v) is 2.47. The first-order valence-corrected chi connectivity index (χ1v) is 6.25. The van der Waals surface area contributed by atoms with Crippen LogP contribution in [0.2, 0.25) is 10.0 Å². The first-order valence-electron chi connectivity index (χ1n) is 5.50. The zero-order chi connectivity index (χ0) is 11.5. The summed E-state index contributed by atoms with van der Waals surface area (Å²) in [4.78, 5) is 2.21. The quantitative estimate of drug-likeness (QED) is 0.883. The van der Waals surface area contributed by atoms with E-state index in [1.54, 1.807) is 6.07 Å². The summed E-state index contributed by atoms with van der Waals surface area (Å²) < 4.78 is 0. The van der Waals surface area contributed by atoms with Crippen molar-refractivity contribution < 1.29 is 5.11 Å². The number of piperidine rings is 1. The molecule has 0 radical (unpaired) electrons. The minimum atomic E-state index is -0.202. The van der Waals surface area contributed by atoms with E-state index in [-0.39, 0.29) is 6.10 Å². The average Bonchev–Trinajstić information content (AvgIpc) is 2.25. The van der Waals surface area contributed by atoms with Gasteiger partial charge in [0.15, 0.2) is 0 Å². The number of benzene rings is 1. The van der Waals surface area contributed by atoms with Crippen molar-refractivity contribution in [2.45, 2.75) is 25.5 Å².